The van der Waals surface area contributed by atoms with Gasteiger partial charge in [0.15, 0.2) is 5.82 Å². The van der Waals surface area contributed by atoms with E-state index >= 15 is 0 Å². The molecule has 19 heavy (non-hydrogen) atoms. The number of benzene rings is 1. The van der Waals surface area contributed by atoms with Crippen LogP contribution < -0.4 is 0 Å². The lowest BCUT2D eigenvalue weighted by molar-refractivity contribution is 0.0691. The summed E-state index contributed by atoms with van der Waals surface area (Å²) in [5.74, 6) is -2.30. The third-order valence-electron chi connectivity index (χ3n) is 2.37. The van der Waals surface area contributed by atoms with E-state index in [9.17, 15) is 9.18 Å². The molecule has 0 bridgehead atoms. The molecule has 2 aromatic rings. The molecule has 0 spiro atoms. The number of pyridine rings is 1. The van der Waals surface area contributed by atoms with E-state index in [0.29, 0.717) is 5.56 Å². The Labute approximate surface area is 122 Å². The van der Waals surface area contributed by atoms with Crippen molar-refractivity contribution in [2.24, 2.45) is 0 Å². The molecule has 1 aromatic carbocycles. The van der Waals surface area contributed by atoms with Crippen molar-refractivity contribution in [1.29, 1.82) is 0 Å². The molecular weight excluding hydrogens is 315 g/mol. The first-order valence-electron chi connectivity index (χ1n) is 4.94. The monoisotopic (exact) mass is 319 g/mol. The Morgan fingerprint density at radius 3 is 2.26 bits per heavy atom. The van der Waals surface area contributed by atoms with Crippen LogP contribution in [0.3, 0.4) is 0 Å². The van der Waals surface area contributed by atoms with E-state index in [2.05, 4.69) is 4.98 Å². The van der Waals surface area contributed by atoms with Gasteiger partial charge in [0.25, 0.3) is 0 Å². The zero-order chi connectivity index (χ0) is 14.2. The van der Waals surface area contributed by atoms with Crippen molar-refractivity contribution < 1.29 is 14.3 Å². The number of carboxylic acid groups (broad SMARTS) is 1. The highest BCUT2D eigenvalue weighted by Crippen LogP contribution is 2.34. The first-order chi connectivity index (χ1) is 8.90. The number of carbonyl (C=O) groups is 1. The summed E-state index contributed by atoms with van der Waals surface area (Å²) >= 11 is 17.5. The molecule has 3 nitrogen and oxygen atoms in total. The van der Waals surface area contributed by atoms with Crippen LogP contribution in [0.2, 0.25) is 15.1 Å². The minimum Gasteiger partial charge on any atom is -0.478 e. The van der Waals surface area contributed by atoms with E-state index in [-0.39, 0.29) is 20.8 Å². The third kappa shape index (κ3) is 2.81. The molecule has 98 valence electrons. The average molecular weight is 321 g/mol. The van der Waals surface area contributed by atoms with Gasteiger partial charge >= 0.3 is 5.97 Å². The van der Waals surface area contributed by atoms with Crippen LogP contribution in [0, 0.1) is 5.82 Å². The normalized spacial score (nSPS) is 10.5. The highest BCUT2D eigenvalue weighted by atomic mass is 35.5. The SMILES string of the molecule is O=C(O)c1cc(-c2cc(Cl)c(Cl)c(Cl)c2)ncc1F. The minimum absolute atomic E-state index is 0.188. The van der Waals surface area contributed by atoms with E-state index in [1.165, 1.54) is 12.1 Å². The standard InChI is InChI=1S/C12H5Cl3FNO2/c13-7-1-5(2-8(14)11(7)15)10-3-6(12(18)19)9(16)4-17-10/h1-4H,(H,18,19). The number of halogens is 4. The number of aromatic carboxylic acids is 1. The molecule has 1 heterocycles. The average Bonchev–Trinajstić information content (AvgIpc) is 2.35. The van der Waals surface area contributed by atoms with Crippen molar-refractivity contribution in [3.63, 3.8) is 0 Å². The third-order valence-corrected chi connectivity index (χ3v) is 3.56. The molecule has 0 aliphatic heterocycles. The van der Waals surface area contributed by atoms with Gasteiger partial charge in [-0.2, -0.15) is 0 Å². The van der Waals surface area contributed by atoms with Gasteiger partial charge in [0.05, 0.1) is 32.5 Å². The van der Waals surface area contributed by atoms with Gasteiger partial charge < -0.3 is 5.11 Å². The first-order valence-corrected chi connectivity index (χ1v) is 6.07. The van der Waals surface area contributed by atoms with Gasteiger partial charge in [0, 0.05) is 5.56 Å². The molecule has 0 radical (unpaired) electrons. The molecule has 0 atom stereocenters. The molecule has 7 heteroatoms. The van der Waals surface area contributed by atoms with E-state index in [1.807, 2.05) is 0 Å². The first kappa shape index (κ1) is 14.1. The predicted molar refractivity (Wildman–Crippen MR) is 71.6 cm³/mol. The molecular formula is C12H5Cl3FNO2. The summed E-state index contributed by atoms with van der Waals surface area (Å²) in [6.45, 7) is 0. The van der Waals surface area contributed by atoms with E-state index in [0.717, 1.165) is 12.3 Å². The maximum absolute atomic E-state index is 13.2. The zero-order valence-electron chi connectivity index (χ0n) is 9.12. The molecule has 0 aliphatic rings. The summed E-state index contributed by atoms with van der Waals surface area (Å²) in [5, 5.41) is 9.44. The van der Waals surface area contributed by atoms with Crippen LogP contribution in [0.5, 0.6) is 0 Å². The maximum Gasteiger partial charge on any atom is 0.338 e. The largest absolute Gasteiger partial charge is 0.478 e. The molecule has 0 saturated heterocycles. The van der Waals surface area contributed by atoms with Gasteiger partial charge in [-0.25, -0.2) is 9.18 Å². The Balaban J connectivity index is 2.60. The van der Waals surface area contributed by atoms with Crippen molar-refractivity contribution in [3.8, 4) is 11.3 Å². The van der Waals surface area contributed by atoms with Crippen LogP contribution in [-0.2, 0) is 0 Å². The van der Waals surface area contributed by atoms with Gasteiger partial charge in [-0.1, -0.05) is 34.8 Å². The van der Waals surface area contributed by atoms with E-state index in [1.54, 1.807) is 0 Å². The van der Waals surface area contributed by atoms with Gasteiger partial charge in [0.1, 0.15) is 0 Å². The van der Waals surface area contributed by atoms with Crippen LogP contribution in [0.4, 0.5) is 4.39 Å². The van der Waals surface area contributed by atoms with Gasteiger partial charge in [0.2, 0.25) is 0 Å². The Kier molecular flexibility index (Phi) is 3.94. The summed E-state index contributed by atoms with van der Waals surface area (Å²) in [7, 11) is 0. The molecule has 0 amide bonds. The smallest absolute Gasteiger partial charge is 0.338 e. The van der Waals surface area contributed by atoms with Crippen LogP contribution in [0.25, 0.3) is 11.3 Å². The van der Waals surface area contributed by atoms with Crippen molar-refractivity contribution in [2.45, 2.75) is 0 Å². The molecule has 2 rings (SSSR count). The summed E-state index contributed by atoms with van der Waals surface area (Å²) in [4.78, 5) is 14.7. The van der Waals surface area contributed by atoms with Gasteiger partial charge in [-0.15, -0.1) is 0 Å². The Morgan fingerprint density at radius 1 is 1.16 bits per heavy atom. The van der Waals surface area contributed by atoms with Crippen molar-refractivity contribution >= 4 is 40.8 Å². The predicted octanol–water partition coefficient (Wildman–Crippen LogP) is 4.55. The second-order valence-corrected chi connectivity index (χ2v) is 4.80. The van der Waals surface area contributed by atoms with Crippen LogP contribution in [0.1, 0.15) is 10.4 Å². The second kappa shape index (κ2) is 5.33. The van der Waals surface area contributed by atoms with Crippen LogP contribution in [-0.4, -0.2) is 16.1 Å². The Hall–Kier alpha value is -1.36. The molecule has 1 aromatic heterocycles. The fourth-order valence-corrected chi connectivity index (χ4v) is 2.06. The fraction of sp³-hybridized carbons (Fsp3) is 0. The van der Waals surface area contributed by atoms with Gasteiger partial charge in [-0.3, -0.25) is 4.98 Å². The molecule has 0 fully saturated rings. The molecule has 0 unspecified atom stereocenters. The highest BCUT2D eigenvalue weighted by Gasteiger charge is 2.14. The van der Waals surface area contributed by atoms with E-state index < -0.39 is 17.3 Å². The quantitative estimate of drug-likeness (QED) is 0.826. The van der Waals surface area contributed by atoms with Crippen molar-refractivity contribution in [3.05, 3.63) is 50.8 Å². The number of carboxylic acids is 1. The zero-order valence-corrected chi connectivity index (χ0v) is 11.4. The van der Waals surface area contributed by atoms with Crippen LogP contribution in [0.15, 0.2) is 24.4 Å². The van der Waals surface area contributed by atoms with Crippen molar-refractivity contribution in [1.82, 2.24) is 4.98 Å². The number of rotatable bonds is 2. The summed E-state index contributed by atoms with van der Waals surface area (Å²) in [6, 6.07) is 4.05. The summed E-state index contributed by atoms with van der Waals surface area (Å²) < 4.78 is 13.2. The topological polar surface area (TPSA) is 50.2 Å². The molecule has 1 N–H and O–H groups in total. The van der Waals surface area contributed by atoms with Gasteiger partial charge in [-0.05, 0) is 18.2 Å². The van der Waals surface area contributed by atoms with Crippen LogP contribution >= 0.6 is 34.8 Å². The van der Waals surface area contributed by atoms with Crippen molar-refractivity contribution in [2.75, 3.05) is 0 Å². The highest BCUT2D eigenvalue weighted by molar-refractivity contribution is 6.48. The van der Waals surface area contributed by atoms with E-state index in [4.69, 9.17) is 39.9 Å². The molecule has 0 saturated carbocycles. The lowest BCUT2D eigenvalue weighted by Gasteiger charge is -2.06. The number of hydrogen-bond donors (Lipinski definition) is 1. The Morgan fingerprint density at radius 2 is 1.74 bits per heavy atom. The maximum atomic E-state index is 13.2. The number of nitrogens with zero attached hydrogens (tertiary/aromatic N) is 1. The minimum atomic E-state index is -1.38. The second-order valence-electron chi connectivity index (χ2n) is 3.61. The number of hydrogen-bond acceptors (Lipinski definition) is 2. The number of aromatic nitrogens is 1. The lowest BCUT2D eigenvalue weighted by Crippen LogP contribution is -2.02. The lowest BCUT2D eigenvalue weighted by atomic mass is 10.1. The Bertz CT molecular complexity index is 653. The molecule has 0 aliphatic carbocycles. The summed E-state index contributed by atoms with van der Waals surface area (Å²) in [5.41, 5.74) is 0.202. The fourth-order valence-electron chi connectivity index (χ4n) is 1.46. The summed E-state index contributed by atoms with van der Waals surface area (Å²) in [6.07, 6.45) is 0.829.